The van der Waals surface area contributed by atoms with E-state index in [9.17, 15) is 8.42 Å². The van der Waals surface area contributed by atoms with Gasteiger partial charge in [0.25, 0.3) is 0 Å². The van der Waals surface area contributed by atoms with Gasteiger partial charge < -0.3 is 5.32 Å². The predicted molar refractivity (Wildman–Crippen MR) is 79.9 cm³/mol. The molecule has 1 aromatic carbocycles. The van der Waals surface area contributed by atoms with Crippen LogP contribution in [0, 0.1) is 0 Å². The van der Waals surface area contributed by atoms with E-state index in [1.807, 2.05) is 20.8 Å². The van der Waals surface area contributed by atoms with Crippen molar-refractivity contribution in [3.63, 3.8) is 0 Å². The van der Waals surface area contributed by atoms with Gasteiger partial charge in [-0.1, -0.05) is 13.8 Å². The van der Waals surface area contributed by atoms with Gasteiger partial charge in [-0.15, -0.1) is 0 Å². The van der Waals surface area contributed by atoms with Gasteiger partial charge in [0.1, 0.15) is 0 Å². The fraction of sp³-hybridized carbons (Fsp3) is 0.571. The molecule has 1 rings (SSSR count). The third-order valence-corrected chi connectivity index (χ3v) is 5.29. The lowest BCUT2D eigenvalue weighted by Crippen LogP contribution is -2.36. The van der Waals surface area contributed by atoms with Crippen LogP contribution in [0.3, 0.4) is 0 Å². The molecule has 19 heavy (non-hydrogen) atoms. The molecule has 0 aromatic heterocycles. The summed E-state index contributed by atoms with van der Waals surface area (Å²) in [7, 11) is -1.73. The molecule has 0 radical (unpaired) electrons. The molecular weight excluding hydrogens is 260 g/mol. The van der Waals surface area contributed by atoms with E-state index in [-0.39, 0.29) is 6.04 Å². The molecule has 0 unspecified atom stereocenters. The van der Waals surface area contributed by atoms with Crippen molar-refractivity contribution in [2.75, 3.05) is 18.9 Å². The Hall–Kier alpha value is -1.07. The molecule has 108 valence electrons. The summed E-state index contributed by atoms with van der Waals surface area (Å²) in [6.45, 7) is 6.84. The SMILES string of the molecule is CCNc1ccc(S(=O)(=O)N(C)C(CC)CC)cc1. The standard InChI is InChI=1S/C14H24N2O2S/c1-5-13(6-2)16(4)19(17,18)14-10-8-12(9-11-14)15-7-3/h8-11,13,15H,5-7H2,1-4H3. The van der Waals surface area contributed by atoms with Crippen molar-refractivity contribution in [2.24, 2.45) is 0 Å². The van der Waals surface area contributed by atoms with Crippen LogP contribution in [-0.4, -0.2) is 32.4 Å². The summed E-state index contributed by atoms with van der Waals surface area (Å²) in [5.74, 6) is 0. The summed E-state index contributed by atoms with van der Waals surface area (Å²) in [6, 6.07) is 6.98. The van der Waals surface area contributed by atoms with Crippen molar-refractivity contribution < 1.29 is 8.42 Å². The highest BCUT2D eigenvalue weighted by molar-refractivity contribution is 7.89. The second kappa shape index (κ2) is 6.91. The summed E-state index contributed by atoms with van der Waals surface area (Å²) in [6.07, 6.45) is 1.64. The van der Waals surface area contributed by atoms with E-state index in [0.29, 0.717) is 4.90 Å². The number of rotatable bonds is 7. The number of nitrogens with zero attached hydrogens (tertiary/aromatic N) is 1. The molecule has 0 aliphatic carbocycles. The summed E-state index contributed by atoms with van der Waals surface area (Å²) in [5.41, 5.74) is 0.937. The van der Waals surface area contributed by atoms with Gasteiger partial charge in [0, 0.05) is 25.3 Å². The van der Waals surface area contributed by atoms with E-state index in [0.717, 1.165) is 25.1 Å². The quantitative estimate of drug-likeness (QED) is 0.837. The number of nitrogens with one attached hydrogen (secondary N) is 1. The minimum absolute atomic E-state index is 0.0541. The molecule has 0 atom stereocenters. The Labute approximate surface area is 116 Å². The Balaban J connectivity index is 2.99. The van der Waals surface area contributed by atoms with Gasteiger partial charge in [0.05, 0.1) is 4.90 Å². The maximum Gasteiger partial charge on any atom is 0.243 e. The van der Waals surface area contributed by atoms with Crippen LogP contribution in [0.15, 0.2) is 29.2 Å². The molecule has 0 bridgehead atoms. The Morgan fingerprint density at radius 3 is 2.05 bits per heavy atom. The van der Waals surface area contributed by atoms with Gasteiger partial charge in [-0.3, -0.25) is 0 Å². The molecule has 0 fully saturated rings. The lowest BCUT2D eigenvalue weighted by atomic mass is 10.2. The summed E-state index contributed by atoms with van der Waals surface area (Å²) >= 11 is 0. The average molecular weight is 284 g/mol. The highest BCUT2D eigenvalue weighted by atomic mass is 32.2. The molecule has 1 aromatic rings. The van der Waals surface area contributed by atoms with Crippen LogP contribution in [0.4, 0.5) is 5.69 Å². The first-order valence-corrected chi connectivity index (χ1v) is 8.23. The number of benzene rings is 1. The van der Waals surface area contributed by atoms with Crippen molar-refractivity contribution in [3.8, 4) is 0 Å². The molecule has 5 heteroatoms. The van der Waals surface area contributed by atoms with Crippen molar-refractivity contribution in [3.05, 3.63) is 24.3 Å². The van der Waals surface area contributed by atoms with Gasteiger partial charge in [-0.05, 0) is 44.0 Å². The number of hydrogen-bond donors (Lipinski definition) is 1. The van der Waals surface area contributed by atoms with Crippen molar-refractivity contribution >= 4 is 15.7 Å². The largest absolute Gasteiger partial charge is 0.385 e. The minimum atomic E-state index is -3.39. The zero-order chi connectivity index (χ0) is 14.5. The fourth-order valence-electron chi connectivity index (χ4n) is 2.11. The Kier molecular flexibility index (Phi) is 5.82. The van der Waals surface area contributed by atoms with E-state index in [1.54, 1.807) is 31.3 Å². The first-order chi connectivity index (χ1) is 8.97. The number of anilines is 1. The van der Waals surface area contributed by atoms with Gasteiger partial charge in [0.15, 0.2) is 0 Å². The lowest BCUT2D eigenvalue weighted by molar-refractivity contribution is 0.349. The van der Waals surface area contributed by atoms with Gasteiger partial charge in [0.2, 0.25) is 10.0 Å². The molecule has 4 nitrogen and oxygen atoms in total. The second-order valence-corrected chi connectivity index (χ2v) is 6.54. The monoisotopic (exact) mass is 284 g/mol. The van der Waals surface area contributed by atoms with Crippen LogP contribution in [0.2, 0.25) is 0 Å². The Bertz CT molecular complexity index is 479. The van der Waals surface area contributed by atoms with E-state index in [2.05, 4.69) is 5.32 Å². The van der Waals surface area contributed by atoms with E-state index in [4.69, 9.17) is 0 Å². The van der Waals surface area contributed by atoms with Crippen LogP contribution < -0.4 is 5.32 Å². The van der Waals surface area contributed by atoms with Crippen LogP contribution in [0.25, 0.3) is 0 Å². The second-order valence-electron chi connectivity index (χ2n) is 4.55. The summed E-state index contributed by atoms with van der Waals surface area (Å²) in [4.78, 5) is 0.351. The average Bonchev–Trinajstić information content (AvgIpc) is 2.41. The van der Waals surface area contributed by atoms with Crippen LogP contribution in [0.5, 0.6) is 0 Å². The topological polar surface area (TPSA) is 49.4 Å². The first kappa shape index (κ1) is 16.0. The van der Waals surface area contributed by atoms with Crippen LogP contribution in [-0.2, 0) is 10.0 Å². The predicted octanol–water partition coefficient (Wildman–Crippen LogP) is 2.93. The number of hydrogen-bond acceptors (Lipinski definition) is 3. The van der Waals surface area contributed by atoms with Crippen molar-refractivity contribution in [2.45, 2.75) is 44.6 Å². The lowest BCUT2D eigenvalue weighted by Gasteiger charge is -2.25. The maximum atomic E-state index is 12.5. The molecule has 0 saturated heterocycles. The van der Waals surface area contributed by atoms with E-state index >= 15 is 0 Å². The maximum absolute atomic E-state index is 12.5. The molecule has 0 spiro atoms. The molecule has 1 N–H and O–H groups in total. The Morgan fingerprint density at radius 1 is 1.11 bits per heavy atom. The van der Waals surface area contributed by atoms with Crippen LogP contribution >= 0.6 is 0 Å². The molecule has 0 aliphatic heterocycles. The Morgan fingerprint density at radius 2 is 1.63 bits per heavy atom. The molecule has 0 aliphatic rings. The molecule has 0 saturated carbocycles. The normalized spacial score (nSPS) is 12.1. The molecule has 0 amide bonds. The van der Waals surface area contributed by atoms with Gasteiger partial charge in [-0.2, -0.15) is 4.31 Å². The van der Waals surface area contributed by atoms with Crippen molar-refractivity contribution in [1.82, 2.24) is 4.31 Å². The summed E-state index contributed by atoms with van der Waals surface area (Å²) < 4.78 is 26.4. The first-order valence-electron chi connectivity index (χ1n) is 6.79. The minimum Gasteiger partial charge on any atom is -0.385 e. The van der Waals surface area contributed by atoms with E-state index < -0.39 is 10.0 Å². The van der Waals surface area contributed by atoms with Gasteiger partial charge >= 0.3 is 0 Å². The molecular formula is C14H24N2O2S. The molecule has 0 heterocycles. The zero-order valence-electron chi connectivity index (χ0n) is 12.2. The van der Waals surface area contributed by atoms with E-state index in [1.165, 1.54) is 4.31 Å². The zero-order valence-corrected chi connectivity index (χ0v) is 13.0. The highest BCUT2D eigenvalue weighted by Gasteiger charge is 2.25. The summed E-state index contributed by atoms with van der Waals surface area (Å²) in [5, 5.41) is 3.15. The smallest absolute Gasteiger partial charge is 0.243 e. The highest BCUT2D eigenvalue weighted by Crippen LogP contribution is 2.21. The van der Waals surface area contributed by atoms with Crippen LogP contribution in [0.1, 0.15) is 33.6 Å². The number of sulfonamides is 1. The third kappa shape index (κ3) is 3.70. The third-order valence-electron chi connectivity index (χ3n) is 3.37. The fourth-order valence-corrected chi connectivity index (χ4v) is 3.62. The van der Waals surface area contributed by atoms with Gasteiger partial charge in [-0.25, -0.2) is 8.42 Å². The van der Waals surface area contributed by atoms with Crippen molar-refractivity contribution in [1.29, 1.82) is 0 Å².